The van der Waals surface area contributed by atoms with Gasteiger partial charge in [0.05, 0.1) is 34.3 Å². The summed E-state index contributed by atoms with van der Waals surface area (Å²) >= 11 is 6.08. The first-order valence-electron chi connectivity index (χ1n) is 12.1. The number of rotatable bonds is 5. The Morgan fingerprint density at radius 2 is 2.00 bits per heavy atom. The lowest BCUT2D eigenvalue weighted by Crippen LogP contribution is -2.39. The molecule has 206 valence electrons. The van der Waals surface area contributed by atoms with Crippen molar-refractivity contribution in [3.05, 3.63) is 77.0 Å². The van der Waals surface area contributed by atoms with Gasteiger partial charge in [-0.05, 0) is 59.5 Å². The van der Waals surface area contributed by atoms with Gasteiger partial charge >= 0.3 is 6.18 Å². The third-order valence-electron chi connectivity index (χ3n) is 7.09. The number of aliphatic hydroxyl groups is 1. The van der Waals surface area contributed by atoms with Gasteiger partial charge in [-0.15, -0.1) is 5.10 Å². The number of nitrogens with zero attached hydrogens (tertiary/aromatic N) is 7. The molecule has 2 aliphatic rings. The molecule has 5 heterocycles. The van der Waals surface area contributed by atoms with E-state index >= 15 is 4.39 Å². The molecule has 3 aromatic heterocycles. The van der Waals surface area contributed by atoms with E-state index in [9.17, 15) is 23.1 Å². The van der Waals surface area contributed by atoms with Crippen LogP contribution in [0.15, 0.2) is 49.1 Å². The zero-order valence-electron chi connectivity index (χ0n) is 20.3. The van der Waals surface area contributed by atoms with Gasteiger partial charge < -0.3 is 15.0 Å². The van der Waals surface area contributed by atoms with E-state index in [1.54, 1.807) is 11.0 Å². The average molecular weight is 575 g/mol. The molecule has 2 aliphatic heterocycles. The topological polar surface area (TPSA) is 126 Å². The number of pyridine rings is 1. The first-order valence-corrected chi connectivity index (χ1v) is 12.5. The number of carbonyl (C=O) groups excluding carboxylic acids is 1. The molecule has 6 rings (SSSR count). The molecule has 0 aliphatic carbocycles. The first kappa shape index (κ1) is 26.1. The summed E-state index contributed by atoms with van der Waals surface area (Å²) < 4.78 is 55.4. The van der Waals surface area contributed by atoms with Crippen molar-refractivity contribution in [3.63, 3.8) is 0 Å². The molecular formula is C25H19ClF4N8O2. The van der Waals surface area contributed by atoms with E-state index in [0.717, 1.165) is 6.07 Å². The number of carbonyl (C=O) groups is 1. The molecule has 4 aromatic rings. The maximum absolute atomic E-state index is 15.3. The van der Waals surface area contributed by atoms with Crippen LogP contribution >= 0.6 is 11.6 Å². The Bertz CT molecular complexity index is 1620. The molecule has 2 N–H and O–H groups in total. The highest BCUT2D eigenvalue weighted by Crippen LogP contribution is 2.44. The second kappa shape index (κ2) is 9.78. The van der Waals surface area contributed by atoms with Crippen molar-refractivity contribution in [1.82, 2.24) is 40.1 Å². The Kier molecular flexibility index (Phi) is 6.38. The molecule has 0 unspecified atom stereocenters. The van der Waals surface area contributed by atoms with Crippen molar-refractivity contribution < 1.29 is 27.5 Å². The van der Waals surface area contributed by atoms with E-state index in [4.69, 9.17) is 11.6 Å². The number of halogens is 5. The molecule has 1 amide bonds. The van der Waals surface area contributed by atoms with Gasteiger partial charge in [0, 0.05) is 29.4 Å². The standard InChI is InChI=1S/C25H19ClF4N8O2/c26-15-2-4-18(37-11-33-35-36-37)21(22(15)27)13-7-14-1-3-19(38(14)20(39)9-13)24-32-10-17(34-24)12-5-6-31-16(8-12)23(40)25(28,29)30/h2,4-6,8-11,14,19,23,40H,1,3,7H2,(H,32,34)/t14-,19-,23+/m0/s1. The minimum atomic E-state index is -4.86. The smallest absolute Gasteiger partial charge is 0.378 e. The van der Waals surface area contributed by atoms with Crippen LogP contribution in [-0.4, -0.2) is 63.3 Å². The number of fused-ring (bicyclic) bond motifs is 1. The molecular weight excluding hydrogens is 556 g/mol. The molecule has 0 saturated carbocycles. The quantitative estimate of drug-likeness (QED) is 0.339. The van der Waals surface area contributed by atoms with Crippen molar-refractivity contribution in [2.45, 2.75) is 43.6 Å². The summed E-state index contributed by atoms with van der Waals surface area (Å²) in [5, 5.41) is 20.5. The number of aliphatic hydroxyl groups excluding tert-OH is 1. The van der Waals surface area contributed by atoms with Gasteiger partial charge in [-0.1, -0.05) is 11.6 Å². The molecule has 15 heteroatoms. The molecule has 40 heavy (non-hydrogen) atoms. The summed E-state index contributed by atoms with van der Waals surface area (Å²) in [7, 11) is 0. The second-order valence-corrected chi connectivity index (χ2v) is 9.88. The molecule has 0 spiro atoms. The van der Waals surface area contributed by atoms with Gasteiger partial charge in [-0.3, -0.25) is 9.78 Å². The van der Waals surface area contributed by atoms with Gasteiger partial charge in [0.2, 0.25) is 5.91 Å². The number of imidazole rings is 1. The summed E-state index contributed by atoms with van der Waals surface area (Å²) in [5.74, 6) is -0.561. The molecule has 0 radical (unpaired) electrons. The highest BCUT2D eigenvalue weighted by molar-refractivity contribution is 6.31. The summed E-state index contributed by atoms with van der Waals surface area (Å²) in [6.07, 6.45) is -0.726. The number of alkyl halides is 3. The number of aromatic amines is 1. The number of nitrogens with one attached hydrogen (secondary N) is 1. The highest BCUT2D eigenvalue weighted by atomic mass is 35.5. The summed E-state index contributed by atoms with van der Waals surface area (Å²) in [4.78, 5) is 26.2. The van der Waals surface area contributed by atoms with E-state index in [0.29, 0.717) is 47.6 Å². The van der Waals surface area contributed by atoms with E-state index in [1.807, 2.05) is 0 Å². The van der Waals surface area contributed by atoms with Crippen LogP contribution in [0.4, 0.5) is 17.6 Å². The molecule has 1 aromatic carbocycles. The lowest BCUT2D eigenvalue weighted by molar-refractivity contribution is -0.207. The number of tetrazole rings is 1. The van der Waals surface area contributed by atoms with E-state index in [-0.39, 0.29) is 22.5 Å². The Morgan fingerprint density at radius 3 is 2.75 bits per heavy atom. The van der Waals surface area contributed by atoms with Crippen LogP contribution in [0.2, 0.25) is 5.02 Å². The number of H-pyrrole nitrogens is 1. The van der Waals surface area contributed by atoms with Crippen LogP contribution in [0.5, 0.6) is 0 Å². The Morgan fingerprint density at radius 1 is 1.18 bits per heavy atom. The summed E-state index contributed by atoms with van der Waals surface area (Å²) in [6.45, 7) is 0. The van der Waals surface area contributed by atoms with Gasteiger partial charge in [0.1, 0.15) is 12.2 Å². The monoisotopic (exact) mass is 574 g/mol. The lowest BCUT2D eigenvalue weighted by Gasteiger charge is -2.33. The number of benzene rings is 1. The maximum Gasteiger partial charge on any atom is 0.420 e. The summed E-state index contributed by atoms with van der Waals surface area (Å²) in [6, 6.07) is 4.93. The third kappa shape index (κ3) is 4.52. The number of hydrogen-bond acceptors (Lipinski definition) is 7. The van der Waals surface area contributed by atoms with Crippen molar-refractivity contribution in [3.8, 4) is 16.9 Å². The predicted octanol–water partition coefficient (Wildman–Crippen LogP) is 4.36. The molecule has 1 saturated heterocycles. The predicted molar refractivity (Wildman–Crippen MR) is 132 cm³/mol. The minimum Gasteiger partial charge on any atom is -0.378 e. The van der Waals surface area contributed by atoms with E-state index < -0.39 is 29.8 Å². The summed E-state index contributed by atoms with van der Waals surface area (Å²) in [5.41, 5.74) is 1.16. The van der Waals surface area contributed by atoms with Crippen LogP contribution in [0.1, 0.15) is 48.5 Å². The van der Waals surface area contributed by atoms with Gasteiger partial charge in [-0.25, -0.2) is 9.37 Å². The second-order valence-electron chi connectivity index (χ2n) is 9.47. The van der Waals surface area contributed by atoms with Crippen molar-refractivity contribution >= 4 is 23.1 Å². The van der Waals surface area contributed by atoms with Gasteiger partial charge in [-0.2, -0.15) is 17.9 Å². The molecule has 0 bridgehead atoms. The molecule has 10 nitrogen and oxygen atoms in total. The first-order chi connectivity index (χ1) is 19.1. The van der Waals surface area contributed by atoms with Crippen LogP contribution in [0.3, 0.4) is 0 Å². The number of amides is 1. The molecule has 3 atom stereocenters. The van der Waals surface area contributed by atoms with Crippen LogP contribution in [0, 0.1) is 5.82 Å². The fourth-order valence-corrected chi connectivity index (χ4v) is 5.45. The van der Waals surface area contributed by atoms with E-state index in [1.165, 1.54) is 41.6 Å². The van der Waals surface area contributed by atoms with Crippen molar-refractivity contribution in [2.24, 2.45) is 0 Å². The normalized spacial score (nSPS) is 20.0. The Balaban J connectivity index is 1.29. The zero-order valence-corrected chi connectivity index (χ0v) is 21.1. The Labute approximate surface area is 228 Å². The minimum absolute atomic E-state index is 0.1000. The van der Waals surface area contributed by atoms with Gasteiger partial charge in [0.15, 0.2) is 11.9 Å². The Hall–Kier alpha value is -4.17. The fourth-order valence-electron chi connectivity index (χ4n) is 5.29. The van der Waals surface area contributed by atoms with Crippen molar-refractivity contribution in [2.75, 3.05) is 0 Å². The lowest BCUT2D eigenvalue weighted by atomic mass is 9.92. The molecule has 1 fully saturated rings. The largest absolute Gasteiger partial charge is 0.420 e. The van der Waals surface area contributed by atoms with Crippen molar-refractivity contribution in [1.29, 1.82) is 0 Å². The average Bonchev–Trinajstić information content (AvgIpc) is 3.70. The SMILES string of the molecule is O=C1C=C(c2c(-n3cnnn3)ccc(Cl)c2F)C[C@@H]2CC[C@@H](c3ncc(-c4ccnc([C@@H](O)C(F)(F)F)c4)[nH]3)N12. The maximum atomic E-state index is 15.3. The number of hydrogen-bond donors (Lipinski definition) is 2. The van der Waals surface area contributed by atoms with Crippen LogP contribution in [-0.2, 0) is 4.79 Å². The van der Waals surface area contributed by atoms with E-state index in [2.05, 4.69) is 30.5 Å². The highest BCUT2D eigenvalue weighted by Gasteiger charge is 2.43. The van der Waals surface area contributed by atoms with Crippen LogP contribution < -0.4 is 0 Å². The fraction of sp³-hybridized carbons (Fsp3) is 0.280. The number of aromatic nitrogens is 7. The zero-order chi connectivity index (χ0) is 28.2. The third-order valence-corrected chi connectivity index (χ3v) is 7.39. The van der Waals surface area contributed by atoms with Crippen LogP contribution in [0.25, 0.3) is 22.5 Å². The van der Waals surface area contributed by atoms with Gasteiger partial charge in [0.25, 0.3) is 0 Å².